The number of benzene rings is 1. The molecule has 0 bridgehead atoms. The smallest absolute Gasteiger partial charge is 0.225 e. The van der Waals surface area contributed by atoms with Crippen LogP contribution in [0.2, 0.25) is 0 Å². The fraction of sp³-hybridized carbons (Fsp3) is 0.312. The average molecular weight is 288 g/mol. The first-order valence-corrected chi connectivity index (χ1v) is 7.77. The van der Waals surface area contributed by atoms with E-state index in [1.807, 2.05) is 35.7 Å². The summed E-state index contributed by atoms with van der Waals surface area (Å²) in [5.41, 5.74) is 7.82. The Kier molecular flexibility index (Phi) is 5.32. The van der Waals surface area contributed by atoms with Crippen LogP contribution in [-0.4, -0.2) is 11.9 Å². The van der Waals surface area contributed by atoms with Crippen LogP contribution < -0.4 is 11.1 Å². The Morgan fingerprint density at radius 1 is 1.30 bits per heavy atom. The number of anilines is 1. The van der Waals surface area contributed by atoms with Gasteiger partial charge in [-0.15, -0.1) is 11.3 Å². The lowest BCUT2D eigenvalue weighted by atomic mass is 10.1. The molecule has 106 valence electrons. The molecule has 0 aliphatic rings. The number of hydrogen-bond acceptors (Lipinski definition) is 3. The standard InChI is InChI=1S/C16H20N2OS/c1-2-6-12(17)11-16(19)18-14-8-4-3-7-13(14)15-9-5-10-20-15/h3-5,7-10,12H,2,6,11,17H2,1H3,(H,18,19). The van der Waals surface area contributed by atoms with Crippen LogP contribution in [0.4, 0.5) is 5.69 Å². The van der Waals surface area contributed by atoms with Gasteiger partial charge in [-0.2, -0.15) is 0 Å². The van der Waals surface area contributed by atoms with Crippen LogP contribution in [0.25, 0.3) is 10.4 Å². The molecule has 1 aromatic carbocycles. The largest absolute Gasteiger partial charge is 0.327 e. The van der Waals surface area contributed by atoms with Crippen molar-refractivity contribution in [3.63, 3.8) is 0 Å². The first kappa shape index (κ1) is 14.8. The van der Waals surface area contributed by atoms with E-state index >= 15 is 0 Å². The summed E-state index contributed by atoms with van der Waals surface area (Å²) < 4.78 is 0. The average Bonchev–Trinajstić information content (AvgIpc) is 2.93. The predicted molar refractivity (Wildman–Crippen MR) is 85.9 cm³/mol. The molecule has 0 radical (unpaired) electrons. The van der Waals surface area contributed by atoms with Crippen molar-refractivity contribution in [3.05, 3.63) is 41.8 Å². The van der Waals surface area contributed by atoms with Crippen molar-refractivity contribution in [1.82, 2.24) is 0 Å². The van der Waals surface area contributed by atoms with Crippen LogP contribution in [0.1, 0.15) is 26.2 Å². The van der Waals surface area contributed by atoms with Crippen molar-refractivity contribution < 1.29 is 4.79 Å². The van der Waals surface area contributed by atoms with Gasteiger partial charge in [-0.05, 0) is 23.9 Å². The number of amides is 1. The molecule has 2 aromatic rings. The summed E-state index contributed by atoms with van der Waals surface area (Å²) in [6.45, 7) is 2.07. The summed E-state index contributed by atoms with van der Waals surface area (Å²) in [4.78, 5) is 13.2. The van der Waals surface area contributed by atoms with E-state index in [0.717, 1.165) is 29.0 Å². The maximum atomic E-state index is 12.0. The van der Waals surface area contributed by atoms with E-state index in [9.17, 15) is 4.79 Å². The SMILES string of the molecule is CCCC(N)CC(=O)Nc1ccccc1-c1cccs1. The lowest BCUT2D eigenvalue weighted by Gasteiger charge is -2.13. The fourth-order valence-electron chi connectivity index (χ4n) is 2.15. The summed E-state index contributed by atoms with van der Waals surface area (Å²) in [5.74, 6) is -0.0186. The Bertz CT molecular complexity index is 551. The van der Waals surface area contributed by atoms with Gasteiger partial charge in [0.05, 0.1) is 0 Å². The Morgan fingerprint density at radius 2 is 2.10 bits per heavy atom. The lowest BCUT2D eigenvalue weighted by molar-refractivity contribution is -0.116. The molecule has 20 heavy (non-hydrogen) atoms. The molecule has 1 heterocycles. The topological polar surface area (TPSA) is 55.1 Å². The van der Waals surface area contributed by atoms with Crippen LogP contribution in [-0.2, 0) is 4.79 Å². The van der Waals surface area contributed by atoms with Crippen molar-refractivity contribution >= 4 is 22.9 Å². The quantitative estimate of drug-likeness (QED) is 0.847. The highest BCUT2D eigenvalue weighted by Gasteiger charge is 2.11. The van der Waals surface area contributed by atoms with Gasteiger partial charge in [-0.25, -0.2) is 0 Å². The zero-order valence-electron chi connectivity index (χ0n) is 11.6. The minimum absolute atomic E-state index is 0.0186. The maximum absolute atomic E-state index is 12.0. The van der Waals surface area contributed by atoms with Gasteiger partial charge in [0.2, 0.25) is 5.91 Å². The Hall–Kier alpha value is -1.65. The van der Waals surface area contributed by atoms with Crippen LogP contribution in [0, 0.1) is 0 Å². The molecule has 3 N–H and O–H groups in total. The molecule has 0 saturated carbocycles. The van der Waals surface area contributed by atoms with Gasteiger partial charge in [0.1, 0.15) is 0 Å². The van der Waals surface area contributed by atoms with Crippen molar-refractivity contribution in [1.29, 1.82) is 0 Å². The number of hydrogen-bond donors (Lipinski definition) is 2. The Labute approximate surface area is 123 Å². The molecule has 2 rings (SSSR count). The molecule has 0 saturated heterocycles. The fourth-order valence-corrected chi connectivity index (χ4v) is 2.92. The second-order valence-electron chi connectivity index (χ2n) is 4.82. The van der Waals surface area contributed by atoms with E-state index < -0.39 is 0 Å². The lowest BCUT2D eigenvalue weighted by Crippen LogP contribution is -2.27. The molecule has 1 atom stereocenters. The number of nitrogens with two attached hydrogens (primary N) is 1. The first-order chi connectivity index (χ1) is 9.70. The van der Waals surface area contributed by atoms with Gasteiger partial charge in [0.15, 0.2) is 0 Å². The zero-order valence-corrected chi connectivity index (χ0v) is 12.5. The van der Waals surface area contributed by atoms with Crippen molar-refractivity contribution in [2.24, 2.45) is 5.73 Å². The van der Waals surface area contributed by atoms with Gasteiger partial charge in [0, 0.05) is 28.6 Å². The number of carbonyl (C=O) groups excluding carboxylic acids is 1. The molecular weight excluding hydrogens is 268 g/mol. The van der Waals surface area contributed by atoms with E-state index in [1.54, 1.807) is 11.3 Å². The summed E-state index contributed by atoms with van der Waals surface area (Å²) in [5, 5.41) is 5.01. The van der Waals surface area contributed by atoms with Crippen LogP contribution >= 0.6 is 11.3 Å². The summed E-state index contributed by atoms with van der Waals surface area (Å²) in [6.07, 6.45) is 2.24. The van der Waals surface area contributed by atoms with Crippen LogP contribution in [0.15, 0.2) is 41.8 Å². The first-order valence-electron chi connectivity index (χ1n) is 6.89. The molecule has 1 amide bonds. The number of rotatable bonds is 6. The van der Waals surface area contributed by atoms with E-state index in [-0.39, 0.29) is 11.9 Å². The number of nitrogens with one attached hydrogen (secondary N) is 1. The Balaban J connectivity index is 2.08. The van der Waals surface area contributed by atoms with Crippen LogP contribution in [0.3, 0.4) is 0 Å². The summed E-state index contributed by atoms with van der Waals surface area (Å²) in [7, 11) is 0. The van der Waals surface area contributed by atoms with Gasteiger partial charge in [0.25, 0.3) is 0 Å². The molecule has 3 nitrogen and oxygen atoms in total. The summed E-state index contributed by atoms with van der Waals surface area (Å²) >= 11 is 1.66. The normalized spacial score (nSPS) is 12.1. The molecule has 1 unspecified atom stereocenters. The second kappa shape index (κ2) is 7.22. The van der Waals surface area contributed by atoms with E-state index in [1.165, 1.54) is 0 Å². The highest BCUT2D eigenvalue weighted by molar-refractivity contribution is 7.13. The van der Waals surface area contributed by atoms with E-state index in [0.29, 0.717) is 6.42 Å². The number of thiophene rings is 1. The third-order valence-corrected chi connectivity index (χ3v) is 4.00. The van der Waals surface area contributed by atoms with Gasteiger partial charge < -0.3 is 11.1 Å². The molecule has 4 heteroatoms. The van der Waals surface area contributed by atoms with Gasteiger partial charge in [-0.1, -0.05) is 37.6 Å². The monoisotopic (exact) mass is 288 g/mol. The second-order valence-corrected chi connectivity index (χ2v) is 5.77. The molecule has 0 aliphatic heterocycles. The van der Waals surface area contributed by atoms with Crippen molar-refractivity contribution in [2.75, 3.05) is 5.32 Å². The minimum atomic E-state index is -0.0612. The maximum Gasteiger partial charge on any atom is 0.225 e. The highest BCUT2D eigenvalue weighted by atomic mass is 32.1. The van der Waals surface area contributed by atoms with Gasteiger partial charge >= 0.3 is 0 Å². The molecule has 0 spiro atoms. The Morgan fingerprint density at radius 3 is 2.80 bits per heavy atom. The van der Waals surface area contributed by atoms with Crippen molar-refractivity contribution in [3.8, 4) is 10.4 Å². The third kappa shape index (κ3) is 3.92. The van der Waals surface area contributed by atoms with E-state index in [2.05, 4.69) is 18.3 Å². The van der Waals surface area contributed by atoms with Gasteiger partial charge in [-0.3, -0.25) is 4.79 Å². The minimum Gasteiger partial charge on any atom is -0.327 e. The predicted octanol–water partition coefficient (Wildman–Crippen LogP) is 3.87. The summed E-state index contributed by atoms with van der Waals surface area (Å²) in [6, 6.07) is 11.9. The molecular formula is C16H20N2OS. The third-order valence-electron chi connectivity index (χ3n) is 3.09. The highest BCUT2D eigenvalue weighted by Crippen LogP contribution is 2.31. The van der Waals surface area contributed by atoms with Crippen molar-refractivity contribution in [2.45, 2.75) is 32.2 Å². The van der Waals surface area contributed by atoms with Crippen LogP contribution in [0.5, 0.6) is 0 Å². The zero-order chi connectivity index (χ0) is 14.4. The number of carbonyl (C=O) groups is 1. The van der Waals surface area contributed by atoms with E-state index in [4.69, 9.17) is 5.73 Å². The molecule has 1 aromatic heterocycles. The molecule has 0 aliphatic carbocycles. The number of para-hydroxylation sites is 1. The molecule has 0 fully saturated rings.